The molecule has 0 fully saturated rings. The number of aryl methyl sites for hydroxylation is 1. The van der Waals surface area contributed by atoms with Crippen molar-refractivity contribution in [2.24, 2.45) is 5.92 Å². The third kappa shape index (κ3) is 5.82. The largest absolute Gasteiger partial charge is 0.340 e. The van der Waals surface area contributed by atoms with Gasteiger partial charge in [-0.3, -0.25) is 14.4 Å². The van der Waals surface area contributed by atoms with E-state index in [-0.39, 0.29) is 28.7 Å². The number of nitrogens with one attached hydrogen (secondary N) is 3. The molecule has 0 saturated heterocycles. The van der Waals surface area contributed by atoms with Crippen molar-refractivity contribution in [2.45, 2.75) is 33.7 Å². The van der Waals surface area contributed by atoms with Crippen molar-refractivity contribution >= 4 is 40.7 Å². The molecule has 0 spiro atoms. The molecule has 2 aromatic rings. The number of benzene rings is 2. The molecule has 0 bridgehead atoms. The molecule has 0 aromatic heterocycles. The SMILES string of the molecule is CC(=O)Nc1ccc(NC(=O)C(NC(=O)c2cccc(C)c2)C(C)C)c(Cl)c1. The van der Waals surface area contributed by atoms with E-state index in [9.17, 15) is 14.4 Å². The van der Waals surface area contributed by atoms with E-state index >= 15 is 0 Å². The molecule has 0 heterocycles. The normalized spacial score (nSPS) is 11.6. The monoisotopic (exact) mass is 401 g/mol. The Morgan fingerprint density at radius 3 is 2.29 bits per heavy atom. The lowest BCUT2D eigenvalue weighted by molar-refractivity contribution is -0.119. The van der Waals surface area contributed by atoms with Crippen molar-refractivity contribution in [3.8, 4) is 0 Å². The number of hydrogen-bond acceptors (Lipinski definition) is 3. The highest BCUT2D eigenvalue weighted by Crippen LogP contribution is 2.26. The van der Waals surface area contributed by atoms with Crippen LogP contribution in [0.4, 0.5) is 11.4 Å². The Hall–Kier alpha value is -2.86. The van der Waals surface area contributed by atoms with E-state index in [1.807, 2.05) is 26.8 Å². The Kier molecular flexibility index (Phi) is 7.18. The Morgan fingerprint density at radius 2 is 1.71 bits per heavy atom. The van der Waals surface area contributed by atoms with Crippen molar-refractivity contribution in [3.63, 3.8) is 0 Å². The van der Waals surface area contributed by atoms with Crippen LogP contribution in [-0.2, 0) is 9.59 Å². The summed E-state index contributed by atoms with van der Waals surface area (Å²) < 4.78 is 0. The van der Waals surface area contributed by atoms with Gasteiger partial charge in [-0.05, 0) is 43.2 Å². The highest BCUT2D eigenvalue weighted by molar-refractivity contribution is 6.34. The molecular formula is C21H24ClN3O3. The third-order valence-corrected chi connectivity index (χ3v) is 4.38. The van der Waals surface area contributed by atoms with Gasteiger partial charge in [-0.1, -0.05) is 43.1 Å². The van der Waals surface area contributed by atoms with E-state index in [1.54, 1.807) is 36.4 Å². The average Bonchev–Trinajstić information content (AvgIpc) is 2.60. The number of hydrogen-bond donors (Lipinski definition) is 3. The molecule has 3 amide bonds. The summed E-state index contributed by atoms with van der Waals surface area (Å²) in [5.74, 6) is -1.03. The zero-order valence-corrected chi connectivity index (χ0v) is 17.1. The molecule has 6 nitrogen and oxygen atoms in total. The molecule has 0 aliphatic heterocycles. The van der Waals surface area contributed by atoms with Crippen LogP contribution in [-0.4, -0.2) is 23.8 Å². The minimum absolute atomic E-state index is 0.133. The lowest BCUT2D eigenvalue weighted by Crippen LogP contribution is -2.47. The molecule has 3 N–H and O–H groups in total. The van der Waals surface area contributed by atoms with E-state index in [1.165, 1.54) is 6.92 Å². The summed E-state index contributed by atoms with van der Waals surface area (Å²) in [6, 6.07) is 11.2. The fourth-order valence-electron chi connectivity index (χ4n) is 2.65. The highest BCUT2D eigenvalue weighted by Gasteiger charge is 2.25. The number of carbonyl (C=O) groups excluding carboxylic acids is 3. The van der Waals surface area contributed by atoms with Gasteiger partial charge < -0.3 is 16.0 Å². The Balaban J connectivity index is 2.12. The molecule has 1 unspecified atom stereocenters. The van der Waals surface area contributed by atoms with Gasteiger partial charge >= 0.3 is 0 Å². The predicted molar refractivity (Wildman–Crippen MR) is 112 cm³/mol. The van der Waals surface area contributed by atoms with Crippen molar-refractivity contribution in [1.29, 1.82) is 0 Å². The number of anilines is 2. The zero-order chi connectivity index (χ0) is 20.8. The molecule has 148 valence electrons. The summed E-state index contributed by atoms with van der Waals surface area (Å²) in [5.41, 5.74) is 2.39. The first-order chi connectivity index (χ1) is 13.2. The van der Waals surface area contributed by atoms with Crippen LogP contribution in [0.3, 0.4) is 0 Å². The van der Waals surface area contributed by atoms with Gasteiger partial charge in [-0.2, -0.15) is 0 Å². The molecule has 2 rings (SSSR count). The Bertz CT molecular complexity index is 896. The molecule has 7 heteroatoms. The van der Waals surface area contributed by atoms with Crippen LogP contribution in [0, 0.1) is 12.8 Å². The molecule has 0 aliphatic rings. The van der Waals surface area contributed by atoms with Crippen LogP contribution in [0.2, 0.25) is 5.02 Å². The highest BCUT2D eigenvalue weighted by atomic mass is 35.5. The second kappa shape index (κ2) is 9.37. The van der Waals surface area contributed by atoms with Crippen LogP contribution >= 0.6 is 11.6 Å². The van der Waals surface area contributed by atoms with E-state index in [0.717, 1.165) is 5.56 Å². The van der Waals surface area contributed by atoms with Gasteiger partial charge in [0.15, 0.2) is 0 Å². The van der Waals surface area contributed by atoms with Crippen molar-refractivity contribution < 1.29 is 14.4 Å². The maximum atomic E-state index is 12.7. The van der Waals surface area contributed by atoms with Crippen LogP contribution in [0.1, 0.15) is 36.7 Å². The van der Waals surface area contributed by atoms with Crippen molar-refractivity contribution in [3.05, 3.63) is 58.6 Å². The lowest BCUT2D eigenvalue weighted by atomic mass is 10.0. The van der Waals surface area contributed by atoms with Gasteiger partial charge in [0.1, 0.15) is 6.04 Å². The number of halogens is 1. The minimum atomic E-state index is -0.737. The van der Waals surface area contributed by atoms with E-state index < -0.39 is 6.04 Å². The minimum Gasteiger partial charge on any atom is -0.340 e. The quantitative estimate of drug-likeness (QED) is 0.683. The van der Waals surface area contributed by atoms with Crippen LogP contribution in [0.25, 0.3) is 0 Å². The van der Waals surface area contributed by atoms with Crippen LogP contribution in [0.15, 0.2) is 42.5 Å². The van der Waals surface area contributed by atoms with Crippen molar-refractivity contribution in [2.75, 3.05) is 10.6 Å². The molecule has 2 aromatic carbocycles. The molecular weight excluding hydrogens is 378 g/mol. The number of rotatable bonds is 6. The van der Waals surface area contributed by atoms with Gasteiger partial charge in [-0.15, -0.1) is 0 Å². The topological polar surface area (TPSA) is 87.3 Å². The molecule has 0 radical (unpaired) electrons. The van der Waals surface area contributed by atoms with Gasteiger partial charge in [0.05, 0.1) is 10.7 Å². The van der Waals surface area contributed by atoms with Crippen LogP contribution in [0.5, 0.6) is 0 Å². The first kappa shape index (κ1) is 21.4. The summed E-state index contributed by atoms with van der Waals surface area (Å²) in [5, 5.41) is 8.44. The van der Waals surface area contributed by atoms with Gasteiger partial charge in [0, 0.05) is 18.2 Å². The Morgan fingerprint density at radius 1 is 1.00 bits per heavy atom. The number of amides is 3. The standard InChI is InChI=1S/C21H24ClN3O3/c1-12(2)19(25-20(27)15-7-5-6-13(3)10-15)21(28)24-18-9-8-16(11-17(18)22)23-14(4)26/h5-12,19H,1-4H3,(H,23,26)(H,24,28)(H,25,27). The fraction of sp³-hybridized carbons (Fsp3) is 0.286. The second-order valence-corrected chi connectivity index (χ2v) is 7.34. The lowest BCUT2D eigenvalue weighted by Gasteiger charge is -2.22. The Labute approximate surface area is 169 Å². The fourth-order valence-corrected chi connectivity index (χ4v) is 2.88. The van der Waals surface area contributed by atoms with Gasteiger partial charge in [0.2, 0.25) is 11.8 Å². The smallest absolute Gasteiger partial charge is 0.251 e. The molecule has 0 aliphatic carbocycles. The van der Waals surface area contributed by atoms with E-state index in [2.05, 4.69) is 16.0 Å². The first-order valence-electron chi connectivity index (χ1n) is 8.93. The molecule has 28 heavy (non-hydrogen) atoms. The second-order valence-electron chi connectivity index (χ2n) is 6.93. The summed E-state index contributed by atoms with van der Waals surface area (Å²) in [6.45, 7) is 6.99. The first-order valence-corrected chi connectivity index (χ1v) is 9.30. The maximum absolute atomic E-state index is 12.7. The van der Waals surface area contributed by atoms with Gasteiger partial charge in [-0.25, -0.2) is 0 Å². The van der Waals surface area contributed by atoms with Gasteiger partial charge in [0.25, 0.3) is 5.91 Å². The summed E-state index contributed by atoms with van der Waals surface area (Å²) >= 11 is 6.21. The summed E-state index contributed by atoms with van der Waals surface area (Å²) in [6.07, 6.45) is 0. The molecule has 1 atom stereocenters. The van der Waals surface area contributed by atoms with E-state index in [0.29, 0.717) is 16.9 Å². The summed E-state index contributed by atoms with van der Waals surface area (Å²) in [4.78, 5) is 36.4. The average molecular weight is 402 g/mol. The number of carbonyl (C=O) groups is 3. The van der Waals surface area contributed by atoms with E-state index in [4.69, 9.17) is 11.6 Å². The predicted octanol–water partition coefficient (Wildman–Crippen LogP) is 4.00. The third-order valence-electron chi connectivity index (χ3n) is 4.06. The zero-order valence-electron chi connectivity index (χ0n) is 16.3. The molecule has 0 saturated carbocycles. The van der Waals surface area contributed by atoms with Crippen LogP contribution < -0.4 is 16.0 Å². The summed E-state index contributed by atoms with van der Waals surface area (Å²) in [7, 11) is 0. The maximum Gasteiger partial charge on any atom is 0.251 e. The van der Waals surface area contributed by atoms with Crippen molar-refractivity contribution in [1.82, 2.24) is 5.32 Å².